The van der Waals surface area contributed by atoms with E-state index in [1.165, 1.54) is 0 Å². The fraction of sp³-hybridized carbons (Fsp3) is 0.727. The Balaban J connectivity index is 2.18. The van der Waals surface area contributed by atoms with Crippen molar-refractivity contribution in [2.24, 2.45) is 5.41 Å². The Morgan fingerprint density at radius 1 is 1.56 bits per heavy atom. The van der Waals surface area contributed by atoms with Gasteiger partial charge in [0.25, 0.3) is 0 Å². The lowest BCUT2D eigenvalue weighted by Gasteiger charge is -2.12. The van der Waals surface area contributed by atoms with E-state index < -0.39 is 0 Å². The van der Waals surface area contributed by atoms with Gasteiger partial charge in [-0.3, -0.25) is 0 Å². The Bertz CT molecular complexity index is 414. The smallest absolute Gasteiger partial charge is 0.0999 e. The molecule has 0 saturated heterocycles. The molecule has 1 aromatic rings. The number of hydrogen-bond donors (Lipinski definition) is 1. The van der Waals surface area contributed by atoms with Gasteiger partial charge in [-0.25, -0.2) is 4.68 Å². The molecule has 1 aliphatic rings. The van der Waals surface area contributed by atoms with Crippen molar-refractivity contribution in [2.45, 2.75) is 39.2 Å². The molecule has 1 fully saturated rings. The molecule has 0 aliphatic heterocycles. The Hall–Kier alpha value is -1.41. The van der Waals surface area contributed by atoms with Gasteiger partial charge in [0.1, 0.15) is 0 Å². The zero-order valence-corrected chi connectivity index (χ0v) is 9.48. The average Bonchev–Trinajstić information content (AvgIpc) is 2.97. The summed E-state index contributed by atoms with van der Waals surface area (Å²) in [7, 11) is 0. The van der Waals surface area contributed by atoms with Gasteiger partial charge in [-0.05, 0) is 19.3 Å². The summed E-state index contributed by atoms with van der Waals surface area (Å²) >= 11 is 0. The van der Waals surface area contributed by atoms with Crippen LogP contribution in [0.1, 0.15) is 31.2 Å². The summed E-state index contributed by atoms with van der Waals surface area (Å²) in [5.41, 5.74) is 1.83. The molecule has 1 aliphatic carbocycles. The Labute approximate surface area is 94.7 Å². The van der Waals surface area contributed by atoms with Crippen LogP contribution in [0.15, 0.2) is 0 Å². The molecule has 1 saturated carbocycles. The highest BCUT2D eigenvalue weighted by Gasteiger charge is 2.43. The van der Waals surface area contributed by atoms with E-state index in [1.807, 2.05) is 11.6 Å². The van der Waals surface area contributed by atoms with Gasteiger partial charge in [-0.15, -0.1) is 5.10 Å². The topological polar surface area (TPSA) is 74.7 Å². The number of hydrogen-bond acceptors (Lipinski definition) is 4. The van der Waals surface area contributed by atoms with Crippen LogP contribution in [0.5, 0.6) is 0 Å². The summed E-state index contributed by atoms with van der Waals surface area (Å²) < 4.78 is 1.86. The molecule has 0 atom stereocenters. The fourth-order valence-corrected chi connectivity index (χ4v) is 1.96. The van der Waals surface area contributed by atoms with Gasteiger partial charge < -0.3 is 5.11 Å². The number of rotatable bonds is 5. The highest BCUT2D eigenvalue weighted by molar-refractivity contribution is 5.14. The predicted octanol–water partition coefficient (Wildman–Crippen LogP) is 0.679. The van der Waals surface area contributed by atoms with Gasteiger partial charge in [0, 0.05) is 5.41 Å². The summed E-state index contributed by atoms with van der Waals surface area (Å²) in [5, 5.41) is 26.1. The molecule has 0 unspecified atom stereocenters. The normalized spacial score (nSPS) is 17.1. The molecule has 1 aromatic heterocycles. The van der Waals surface area contributed by atoms with Crippen molar-refractivity contribution in [3.05, 3.63) is 11.4 Å². The predicted molar refractivity (Wildman–Crippen MR) is 57.5 cm³/mol. The summed E-state index contributed by atoms with van der Waals surface area (Å²) in [6.07, 6.45) is 3.25. The van der Waals surface area contributed by atoms with E-state index in [9.17, 15) is 5.11 Å². The number of aromatic nitrogens is 3. The second kappa shape index (κ2) is 4.22. The van der Waals surface area contributed by atoms with Crippen molar-refractivity contribution >= 4 is 0 Å². The van der Waals surface area contributed by atoms with Crippen LogP contribution in [0.25, 0.3) is 0 Å². The maximum Gasteiger partial charge on any atom is 0.0999 e. The molecule has 0 spiro atoms. The highest BCUT2D eigenvalue weighted by Crippen LogP contribution is 2.46. The second-order valence-corrected chi connectivity index (χ2v) is 4.49. The molecule has 2 rings (SSSR count). The fourth-order valence-electron chi connectivity index (χ4n) is 1.96. The molecular formula is C11H16N4O. The molecule has 86 valence electrons. The van der Waals surface area contributed by atoms with Gasteiger partial charge in [0.05, 0.1) is 37.0 Å². The van der Waals surface area contributed by atoms with Crippen molar-refractivity contribution in [2.75, 3.05) is 6.61 Å². The summed E-state index contributed by atoms with van der Waals surface area (Å²) in [5.74, 6) is 0. The van der Waals surface area contributed by atoms with Crippen LogP contribution in [-0.2, 0) is 19.4 Å². The maximum absolute atomic E-state index is 9.28. The lowest BCUT2D eigenvalue weighted by Crippen LogP contribution is -2.18. The standard InChI is InChI=1S/C11H16N4O/c1-2-10-9(3-6-12)13-14-15(10)7-11(8-16)4-5-11/h16H,2-5,7-8H2,1H3. The first kappa shape index (κ1) is 11.1. The molecule has 0 aromatic carbocycles. The van der Waals surface area contributed by atoms with Crippen molar-refractivity contribution in [3.8, 4) is 6.07 Å². The van der Waals surface area contributed by atoms with E-state index in [0.29, 0.717) is 6.42 Å². The molecule has 16 heavy (non-hydrogen) atoms. The van der Waals surface area contributed by atoms with Crippen molar-refractivity contribution in [1.82, 2.24) is 15.0 Å². The highest BCUT2D eigenvalue weighted by atomic mass is 16.3. The molecule has 1 N–H and O–H groups in total. The van der Waals surface area contributed by atoms with Crippen LogP contribution in [0.2, 0.25) is 0 Å². The first-order chi connectivity index (χ1) is 7.74. The second-order valence-electron chi connectivity index (χ2n) is 4.49. The van der Waals surface area contributed by atoms with E-state index >= 15 is 0 Å². The third kappa shape index (κ3) is 1.93. The maximum atomic E-state index is 9.28. The van der Waals surface area contributed by atoms with Gasteiger partial charge in [-0.2, -0.15) is 5.26 Å². The molecule has 5 heteroatoms. The quantitative estimate of drug-likeness (QED) is 0.791. The lowest BCUT2D eigenvalue weighted by atomic mass is 10.1. The van der Waals surface area contributed by atoms with E-state index in [1.54, 1.807) is 0 Å². The van der Waals surface area contributed by atoms with Crippen LogP contribution in [0.3, 0.4) is 0 Å². The molecule has 0 amide bonds. The first-order valence-electron chi connectivity index (χ1n) is 5.64. The molecular weight excluding hydrogens is 204 g/mol. The summed E-state index contributed by atoms with van der Waals surface area (Å²) in [6, 6.07) is 2.10. The van der Waals surface area contributed by atoms with Crippen molar-refractivity contribution < 1.29 is 5.11 Å². The van der Waals surface area contributed by atoms with Crippen LogP contribution in [0, 0.1) is 16.7 Å². The number of aliphatic hydroxyl groups is 1. The lowest BCUT2D eigenvalue weighted by molar-refractivity contribution is 0.188. The van der Waals surface area contributed by atoms with E-state index in [4.69, 9.17) is 5.26 Å². The SMILES string of the molecule is CCc1c(CC#N)nnn1CC1(CO)CC1. The monoisotopic (exact) mass is 220 g/mol. The summed E-state index contributed by atoms with van der Waals surface area (Å²) in [6.45, 7) is 2.98. The Morgan fingerprint density at radius 3 is 2.81 bits per heavy atom. The minimum absolute atomic E-state index is 0.0293. The Kier molecular flexibility index (Phi) is 2.92. The number of nitriles is 1. The van der Waals surface area contributed by atoms with Gasteiger partial charge in [0.15, 0.2) is 0 Å². The molecule has 5 nitrogen and oxygen atoms in total. The average molecular weight is 220 g/mol. The van der Waals surface area contributed by atoms with Gasteiger partial charge in [0.2, 0.25) is 0 Å². The van der Waals surface area contributed by atoms with Gasteiger partial charge >= 0.3 is 0 Å². The zero-order chi connectivity index (χ0) is 11.6. The largest absolute Gasteiger partial charge is 0.396 e. The minimum atomic E-state index is 0.0293. The van der Waals surface area contributed by atoms with Gasteiger partial charge in [-0.1, -0.05) is 12.1 Å². The van der Waals surface area contributed by atoms with Crippen LogP contribution in [0.4, 0.5) is 0 Å². The third-order valence-electron chi connectivity index (χ3n) is 3.28. The third-order valence-corrected chi connectivity index (χ3v) is 3.28. The molecule has 1 heterocycles. The van der Waals surface area contributed by atoms with E-state index in [-0.39, 0.29) is 12.0 Å². The van der Waals surface area contributed by atoms with Crippen molar-refractivity contribution in [1.29, 1.82) is 5.26 Å². The number of aliphatic hydroxyl groups excluding tert-OH is 1. The van der Waals surface area contributed by atoms with Crippen LogP contribution in [-0.4, -0.2) is 26.7 Å². The van der Waals surface area contributed by atoms with Crippen LogP contribution < -0.4 is 0 Å². The molecule has 0 bridgehead atoms. The minimum Gasteiger partial charge on any atom is -0.396 e. The zero-order valence-electron chi connectivity index (χ0n) is 9.48. The summed E-state index contributed by atoms with van der Waals surface area (Å²) in [4.78, 5) is 0. The van der Waals surface area contributed by atoms with E-state index in [2.05, 4.69) is 16.4 Å². The number of nitrogens with zero attached hydrogens (tertiary/aromatic N) is 4. The first-order valence-corrected chi connectivity index (χ1v) is 5.64. The van der Waals surface area contributed by atoms with Crippen molar-refractivity contribution in [3.63, 3.8) is 0 Å². The Morgan fingerprint density at radius 2 is 2.31 bits per heavy atom. The van der Waals surface area contributed by atoms with Crippen LogP contribution >= 0.6 is 0 Å². The molecule has 0 radical (unpaired) electrons. The van der Waals surface area contributed by atoms with E-state index in [0.717, 1.165) is 37.2 Å².